The van der Waals surface area contributed by atoms with E-state index in [1.807, 2.05) is 30.3 Å². The number of thioether (sulfide) groups is 1. The molecule has 0 aliphatic carbocycles. The first-order valence-electron chi connectivity index (χ1n) is 9.68. The Morgan fingerprint density at radius 2 is 1.84 bits per heavy atom. The predicted octanol–water partition coefficient (Wildman–Crippen LogP) is 5.15. The molecule has 0 radical (unpaired) electrons. The van der Waals surface area contributed by atoms with Gasteiger partial charge in [-0.1, -0.05) is 54.2 Å². The van der Waals surface area contributed by atoms with Crippen molar-refractivity contribution in [3.05, 3.63) is 94.0 Å². The molecule has 4 rings (SSSR count). The third kappa shape index (κ3) is 4.68. The molecule has 0 fully saturated rings. The number of imidazole rings is 1. The van der Waals surface area contributed by atoms with Gasteiger partial charge in [0.2, 0.25) is 5.91 Å². The van der Waals surface area contributed by atoms with Crippen LogP contribution in [0, 0.1) is 10.1 Å². The van der Waals surface area contributed by atoms with E-state index < -0.39 is 10.2 Å². The average molecular weight is 446 g/mol. The van der Waals surface area contributed by atoms with Gasteiger partial charge in [-0.3, -0.25) is 19.7 Å². The monoisotopic (exact) mass is 446 g/mol. The lowest BCUT2D eigenvalue weighted by Crippen LogP contribution is -2.19. The van der Waals surface area contributed by atoms with E-state index >= 15 is 0 Å². The number of aromatic nitrogens is 2. The number of Topliss-reactive ketones (excluding diaryl/α,β-unsaturated/α-hetero) is 1. The molecule has 160 valence electrons. The summed E-state index contributed by atoms with van der Waals surface area (Å²) < 4.78 is 0. The number of H-pyrrole nitrogens is 1. The van der Waals surface area contributed by atoms with E-state index in [0.717, 1.165) is 5.56 Å². The molecule has 8 nitrogen and oxygen atoms in total. The molecule has 1 heterocycles. The van der Waals surface area contributed by atoms with Crippen molar-refractivity contribution in [1.29, 1.82) is 0 Å². The Bertz CT molecular complexity index is 1320. The first-order valence-corrected chi connectivity index (χ1v) is 10.6. The molecule has 1 aromatic heterocycles. The minimum Gasteiger partial charge on any atom is -0.333 e. The van der Waals surface area contributed by atoms with Gasteiger partial charge in [0.15, 0.2) is 10.9 Å². The van der Waals surface area contributed by atoms with Crippen LogP contribution in [0.15, 0.2) is 78.0 Å². The fraction of sp³-hybridized carbons (Fsp3) is 0.0870. The molecule has 0 bridgehead atoms. The second-order valence-electron chi connectivity index (χ2n) is 7.04. The van der Waals surface area contributed by atoms with E-state index in [2.05, 4.69) is 15.3 Å². The van der Waals surface area contributed by atoms with Crippen molar-refractivity contribution in [3.63, 3.8) is 0 Å². The topological polar surface area (TPSA) is 118 Å². The lowest BCUT2D eigenvalue weighted by atomic mass is 10.1. The number of carbonyl (C=O) groups excluding carboxylic acids is 2. The Morgan fingerprint density at radius 1 is 1.06 bits per heavy atom. The van der Waals surface area contributed by atoms with Crippen molar-refractivity contribution < 1.29 is 14.5 Å². The normalized spacial score (nSPS) is 11.8. The number of aromatic amines is 1. The molecule has 4 aromatic rings. The van der Waals surface area contributed by atoms with E-state index in [0.29, 0.717) is 27.4 Å². The fourth-order valence-electron chi connectivity index (χ4n) is 3.18. The number of nitro groups is 1. The quantitative estimate of drug-likeness (QED) is 0.175. The Labute approximate surface area is 187 Å². The minimum absolute atomic E-state index is 0.0413. The van der Waals surface area contributed by atoms with Gasteiger partial charge in [-0.25, -0.2) is 4.98 Å². The highest BCUT2D eigenvalue weighted by atomic mass is 32.2. The molecule has 1 unspecified atom stereocenters. The average Bonchev–Trinajstić information content (AvgIpc) is 3.20. The van der Waals surface area contributed by atoms with Gasteiger partial charge in [0, 0.05) is 23.4 Å². The van der Waals surface area contributed by atoms with Gasteiger partial charge in [-0.2, -0.15) is 0 Å². The third-order valence-electron chi connectivity index (χ3n) is 4.76. The highest BCUT2D eigenvalue weighted by Gasteiger charge is 2.24. The molecule has 3 aromatic carbocycles. The Morgan fingerprint density at radius 3 is 2.56 bits per heavy atom. The molecule has 0 spiro atoms. The van der Waals surface area contributed by atoms with Crippen molar-refractivity contribution >= 4 is 45.9 Å². The van der Waals surface area contributed by atoms with Gasteiger partial charge in [0.1, 0.15) is 5.25 Å². The van der Waals surface area contributed by atoms with E-state index in [1.54, 1.807) is 30.3 Å². The summed E-state index contributed by atoms with van der Waals surface area (Å²) in [6.45, 7) is 1.47. The van der Waals surface area contributed by atoms with Gasteiger partial charge in [0.25, 0.3) is 5.69 Å². The first kappa shape index (κ1) is 21.3. The minimum atomic E-state index is -0.646. The summed E-state index contributed by atoms with van der Waals surface area (Å²) in [6.07, 6.45) is 0. The van der Waals surface area contributed by atoms with E-state index in [9.17, 15) is 19.7 Å². The summed E-state index contributed by atoms with van der Waals surface area (Å²) in [4.78, 5) is 43.0. The fourth-order valence-corrected chi connectivity index (χ4v) is 4.18. The second-order valence-corrected chi connectivity index (χ2v) is 8.13. The van der Waals surface area contributed by atoms with Gasteiger partial charge < -0.3 is 10.3 Å². The maximum Gasteiger partial charge on any atom is 0.271 e. The number of carbonyl (C=O) groups is 2. The number of amides is 1. The number of nitrogens with zero attached hydrogens (tertiary/aromatic N) is 2. The summed E-state index contributed by atoms with van der Waals surface area (Å²) >= 11 is 1.20. The predicted molar refractivity (Wildman–Crippen MR) is 123 cm³/mol. The van der Waals surface area contributed by atoms with Crippen LogP contribution in [-0.4, -0.2) is 26.6 Å². The number of ketones is 1. The van der Waals surface area contributed by atoms with E-state index in [-0.39, 0.29) is 17.4 Å². The SMILES string of the molecule is CC(=O)c1cccc(NC(=O)C(Sc2nc3ccc([N+](=O)[O-])cc3[nH]2)c2ccccc2)c1. The highest BCUT2D eigenvalue weighted by Crippen LogP contribution is 2.36. The van der Waals surface area contributed by atoms with Crippen LogP contribution < -0.4 is 5.32 Å². The van der Waals surface area contributed by atoms with Crippen molar-refractivity contribution in [2.45, 2.75) is 17.3 Å². The number of benzene rings is 3. The van der Waals surface area contributed by atoms with Crippen LogP contribution in [-0.2, 0) is 4.79 Å². The molecule has 32 heavy (non-hydrogen) atoms. The Balaban J connectivity index is 1.63. The van der Waals surface area contributed by atoms with Crippen LogP contribution in [0.4, 0.5) is 11.4 Å². The van der Waals surface area contributed by atoms with Crippen LogP contribution in [0.3, 0.4) is 0 Å². The standard InChI is InChI=1S/C23H18N4O4S/c1-14(28)16-8-5-9-17(12-16)24-22(29)21(15-6-3-2-4-7-15)32-23-25-19-11-10-18(27(30)31)13-20(19)26-23/h2-13,21H,1H3,(H,24,29)(H,25,26). The lowest BCUT2D eigenvalue weighted by molar-refractivity contribution is -0.384. The number of fused-ring (bicyclic) bond motifs is 1. The summed E-state index contributed by atoms with van der Waals surface area (Å²) in [5.74, 6) is -0.375. The number of rotatable bonds is 7. The maximum atomic E-state index is 13.2. The molecule has 2 N–H and O–H groups in total. The number of nitro benzene ring substituents is 1. The van der Waals surface area contributed by atoms with Gasteiger partial charge in [-0.05, 0) is 30.7 Å². The smallest absolute Gasteiger partial charge is 0.271 e. The van der Waals surface area contributed by atoms with Crippen LogP contribution >= 0.6 is 11.8 Å². The molecule has 0 saturated carbocycles. The van der Waals surface area contributed by atoms with Crippen LogP contribution in [0.2, 0.25) is 0 Å². The molecular weight excluding hydrogens is 428 g/mol. The first-order chi connectivity index (χ1) is 15.4. The van der Waals surface area contributed by atoms with Crippen molar-refractivity contribution in [2.75, 3.05) is 5.32 Å². The van der Waals surface area contributed by atoms with Crippen molar-refractivity contribution in [1.82, 2.24) is 9.97 Å². The van der Waals surface area contributed by atoms with E-state index in [1.165, 1.54) is 30.8 Å². The molecule has 0 aliphatic rings. The number of nitrogens with one attached hydrogen (secondary N) is 2. The third-order valence-corrected chi connectivity index (χ3v) is 5.90. The van der Waals surface area contributed by atoms with Crippen LogP contribution in [0.25, 0.3) is 11.0 Å². The molecule has 0 aliphatic heterocycles. The molecule has 0 saturated heterocycles. The van der Waals surface area contributed by atoms with Crippen LogP contribution in [0.5, 0.6) is 0 Å². The van der Waals surface area contributed by atoms with Crippen molar-refractivity contribution in [2.24, 2.45) is 0 Å². The maximum absolute atomic E-state index is 13.2. The lowest BCUT2D eigenvalue weighted by Gasteiger charge is -2.16. The zero-order valence-electron chi connectivity index (χ0n) is 16.9. The number of anilines is 1. The molecule has 1 atom stereocenters. The van der Waals surface area contributed by atoms with Gasteiger partial charge >= 0.3 is 0 Å². The van der Waals surface area contributed by atoms with Crippen LogP contribution in [0.1, 0.15) is 28.1 Å². The summed E-state index contributed by atoms with van der Waals surface area (Å²) in [5, 5.41) is 13.7. The number of hydrogen-bond donors (Lipinski definition) is 2. The molecular formula is C23H18N4O4S. The summed E-state index contributed by atoms with van der Waals surface area (Å²) in [7, 11) is 0. The zero-order valence-corrected chi connectivity index (χ0v) is 17.8. The second kappa shape index (κ2) is 9.03. The van der Waals surface area contributed by atoms with Gasteiger partial charge in [0.05, 0.1) is 16.0 Å². The van der Waals surface area contributed by atoms with Crippen molar-refractivity contribution in [3.8, 4) is 0 Å². The van der Waals surface area contributed by atoms with E-state index in [4.69, 9.17) is 0 Å². The molecule has 1 amide bonds. The summed E-state index contributed by atoms with van der Waals surface area (Å²) in [6, 6.07) is 20.4. The number of non-ortho nitro benzene ring substituents is 1. The highest BCUT2D eigenvalue weighted by molar-refractivity contribution is 8.00. The Kier molecular flexibility index (Phi) is 6.00. The molecule has 9 heteroatoms. The Hall–Kier alpha value is -3.98. The largest absolute Gasteiger partial charge is 0.333 e. The van der Waals surface area contributed by atoms with Gasteiger partial charge in [-0.15, -0.1) is 0 Å². The zero-order chi connectivity index (χ0) is 22.7. The summed E-state index contributed by atoms with van der Waals surface area (Å²) in [5.41, 5.74) is 2.84. The number of hydrogen-bond acceptors (Lipinski definition) is 6.